The quantitative estimate of drug-likeness (QED) is 0.649. The van der Waals surface area contributed by atoms with Crippen molar-refractivity contribution in [3.63, 3.8) is 0 Å². The van der Waals surface area contributed by atoms with Crippen molar-refractivity contribution in [3.05, 3.63) is 12.7 Å². The van der Waals surface area contributed by atoms with E-state index in [-0.39, 0.29) is 0 Å². The van der Waals surface area contributed by atoms with Crippen molar-refractivity contribution in [1.29, 1.82) is 0 Å². The van der Waals surface area contributed by atoms with E-state index in [2.05, 4.69) is 18.8 Å². The number of hydrogen-bond donors (Lipinski definition) is 2. The van der Waals surface area contributed by atoms with Gasteiger partial charge in [0.25, 0.3) is 0 Å². The van der Waals surface area contributed by atoms with Gasteiger partial charge in [-0.05, 0) is 32.2 Å². The number of rotatable bonds is 4. The van der Waals surface area contributed by atoms with Crippen LogP contribution in [0.1, 0.15) is 32.6 Å². The molecular formula is C11H22N2. The molecule has 2 nitrogen and oxygen atoms in total. The Balaban J connectivity index is 2.39. The highest BCUT2D eigenvalue weighted by atomic mass is 15.0. The summed E-state index contributed by atoms with van der Waals surface area (Å²) in [6.07, 6.45) is 7.22. The van der Waals surface area contributed by atoms with Crippen molar-refractivity contribution in [1.82, 2.24) is 5.32 Å². The van der Waals surface area contributed by atoms with Crippen LogP contribution in [0, 0.1) is 5.92 Å². The molecule has 0 spiro atoms. The normalized spacial score (nSPS) is 31.2. The second kappa shape index (κ2) is 5.40. The van der Waals surface area contributed by atoms with Gasteiger partial charge in [-0.3, -0.25) is 0 Å². The Morgan fingerprint density at radius 2 is 2.23 bits per heavy atom. The van der Waals surface area contributed by atoms with E-state index in [0.717, 1.165) is 6.54 Å². The SMILES string of the molecule is C=CC(C)NC1CCCCC1CN. The molecule has 3 unspecified atom stereocenters. The fourth-order valence-electron chi connectivity index (χ4n) is 2.11. The van der Waals surface area contributed by atoms with Crippen molar-refractivity contribution in [2.45, 2.75) is 44.7 Å². The molecule has 13 heavy (non-hydrogen) atoms. The van der Waals surface area contributed by atoms with Crippen LogP contribution in [0.4, 0.5) is 0 Å². The summed E-state index contributed by atoms with van der Waals surface area (Å²) in [5.74, 6) is 0.677. The molecule has 1 rings (SSSR count). The molecule has 3 N–H and O–H groups in total. The zero-order chi connectivity index (χ0) is 9.68. The summed E-state index contributed by atoms with van der Waals surface area (Å²) in [6, 6.07) is 1.03. The Morgan fingerprint density at radius 1 is 1.54 bits per heavy atom. The van der Waals surface area contributed by atoms with Gasteiger partial charge in [0.2, 0.25) is 0 Å². The van der Waals surface area contributed by atoms with E-state index in [4.69, 9.17) is 5.73 Å². The molecule has 1 saturated carbocycles. The van der Waals surface area contributed by atoms with Gasteiger partial charge < -0.3 is 11.1 Å². The van der Waals surface area contributed by atoms with Gasteiger partial charge in [0.15, 0.2) is 0 Å². The fourth-order valence-corrected chi connectivity index (χ4v) is 2.11. The molecule has 1 aliphatic carbocycles. The van der Waals surface area contributed by atoms with E-state index in [1.807, 2.05) is 6.08 Å². The summed E-state index contributed by atoms with van der Waals surface area (Å²) >= 11 is 0. The Hall–Kier alpha value is -0.340. The van der Waals surface area contributed by atoms with E-state index in [9.17, 15) is 0 Å². The Labute approximate surface area is 81.6 Å². The maximum absolute atomic E-state index is 5.74. The molecule has 0 saturated heterocycles. The van der Waals surface area contributed by atoms with Crippen molar-refractivity contribution < 1.29 is 0 Å². The molecule has 2 heteroatoms. The number of hydrogen-bond acceptors (Lipinski definition) is 2. The van der Waals surface area contributed by atoms with Crippen molar-refractivity contribution in [2.24, 2.45) is 11.7 Å². The topological polar surface area (TPSA) is 38.0 Å². The monoisotopic (exact) mass is 182 g/mol. The molecule has 0 radical (unpaired) electrons. The summed E-state index contributed by atoms with van der Waals surface area (Å²) in [5.41, 5.74) is 5.74. The third-order valence-corrected chi connectivity index (χ3v) is 3.04. The first-order chi connectivity index (χ1) is 6.27. The lowest BCUT2D eigenvalue weighted by Gasteiger charge is -2.33. The third kappa shape index (κ3) is 3.12. The molecule has 3 atom stereocenters. The first kappa shape index (κ1) is 10.7. The summed E-state index contributed by atoms with van der Waals surface area (Å²) < 4.78 is 0. The summed E-state index contributed by atoms with van der Waals surface area (Å²) in [6.45, 7) is 6.75. The molecule has 0 aromatic carbocycles. The summed E-state index contributed by atoms with van der Waals surface area (Å²) in [7, 11) is 0. The minimum atomic E-state index is 0.414. The standard InChI is InChI=1S/C11H22N2/c1-3-9(2)13-11-7-5-4-6-10(11)8-12/h3,9-11,13H,1,4-8,12H2,2H3. The molecule has 0 amide bonds. The number of nitrogens with two attached hydrogens (primary N) is 1. The molecule has 0 bridgehead atoms. The molecule has 76 valence electrons. The molecule has 1 fully saturated rings. The van der Waals surface area contributed by atoms with Gasteiger partial charge in [-0.25, -0.2) is 0 Å². The zero-order valence-corrected chi connectivity index (χ0v) is 8.63. The average Bonchev–Trinajstić information content (AvgIpc) is 2.18. The van der Waals surface area contributed by atoms with Crippen LogP contribution < -0.4 is 11.1 Å². The smallest absolute Gasteiger partial charge is 0.0221 e. The minimum absolute atomic E-state index is 0.414. The van der Waals surface area contributed by atoms with Crippen molar-refractivity contribution in [3.8, 4) is 0 Å². The molecule has 0 aliphatic heterocycles. The van der Waals surface area contributed by atoms with Crippen LogP contribution in [0.25, 0.3) is 0 Å². The predicted molar refractivity (Wildman–Crippen MR) is 57.6 cm³/mol. The summed E-state index contributed by atoms with van der Waals surface area (Å²) in [5, 5.41) is 3.57. The Bertz CT molecular complexity index is 156. The lowest BCUT2D eigenvalue weighted by Crippen LogP contribution is -2.45. The van der Waals surface area contributed by atoms with Gasteiger partial charge in [-0.2, -0.15) is 0 Å². The van der Waals surface area contributed by atoms with Crippen molar-refractivity contribution >= 4 is 0 Å². The van der Waals surface area contributed by atoms with E-state index >= 15 is 0 Å². The van der Waals surface area contributed by atoms with Crippen molar-refractivity contribution in [2.75, 3.05) is 6.54 Å². The van der Waals surface area contributed by atoms with Gasteiger partial charge >= 0.3 is 0 Å². The van der Waals surface area contributed by atoms with Gasteiger partial charge in [0.1, 0.15) is 0 Å². The van der Waals surface area contributed by atoms with Crippen LogP contribution in [-0.2, 0) is 0 Å². The second-order valence-corrected chi connectivity index (χ2v) is 4.08. The van der Waals surface area contributed by atoms with Gasteiger partial charge in [-0.15, -0.1) is 6.58 Å². The highest BCUT2D eigenvalue weighted by Gasteiger charge is 2.23. The maximum Gasteiger partial charge on any atom is 0.0221 e. The fraction of sp³-hybridized carbons (Fsp3) is 0.818. The second-order valence-electron chi connectivity index (χ2n) is 4.08. The van der Waals surface area contributed by atoms with Crippen LogP contribution in [0.3, 0.4) is 0 Å². The number of nitrogens with one attached hydrogen (secondary N) is 1. The van der Waals surface area contributed by atoms with Crippen LogP contribution in [0.15, 0.2) is 12.7 Å². The lowest BCUT2D eigenvalue weighted by molar-refractivity contribution is 0.261. The summed E-state index contributed by atoms with van der Waals surface area (Å²) in [4.78, 5) is 0. The molecule has 0 heterocycles. The van der Waals surface area contributed by atoms with E-state index in [0.29, 0.717) is 18.0 Å². The Morgan fingerprint density at radius 3 is 2.85 bits per heavy atom. The highest BCUT2D eigenvalue weighted by Crippen LogP contribution is 2.23. The van der Waals surface area contributed by atoms with Gasteiger partial charge in [0, 0.05) is 12.1 Å². The lowest BCUT2D eigenvalue weighted by atomic mass is 9.84. The first-order valence-corrected chi connectivity index (χ1v) is 5.36. The van der Waals surface area contributed by atoms with Crippen LogP contribution >= 0.6 is 0 Å². The van der Waals surface area contributed by atoms with Gasteiger partial charge in [-0.1, -0.05) is 18.9 Å². The zero-order valence-electron chi connectivity index (χ0n) is 8.63. The molecule has 0 aromatic rings. The predicted octanol–water partition coefficient (Wildman–Crippen LogP) is 1.67. The average molecular weight is 182 g/mol. The highest BCUT2D eigenvalue weighted by molar-refractivity contribution is 4.89. The largest absolute Gasteiger partial charge is 0.330 e. The molecular weight excluding hydrogens is 160 g/mol. The van der Waals surface area contributed by atoms with E-state index < -0.39 is 0 Å². The first-order valence-electron chi connectivity index (χ1n) is 5.36. The molecule has 1 aliphatic rings. The van der Waals surface area contributed by atoms with Crippen LogP contribution in [-0.4, -0.2) is 18.6 Å². The minimum Gasteiger partial charge on any atom is -0.330 e. The molecule has 0 aromatic heterocycles. The van der Waals surface area contributed by atoms with Crippen LogP contribution in [0.5, 0.6) is 0 Å². The van der Waals surface area contributed by atoms with Gasteiger partial charge in [0.05, 0.1) is 0 Å². The van der Waals surface area contributed by atoms with Crippen LogP contribution in [0.2, 0.25) is 0 Å². The Kier molecular flexibility index (Phi) is 4.46. The van der Waals surface area contributed by atoms with E-state index in [1.165, 1.54) is 25.7 Å². The maximum atomic E-state index is 5.74. The third-order valence-electron chi connectivity index (χ3n) is 3.04. The van der Waals surface area contributed by atoms with E-state index in [1.54, 1.807) is 0 Å².